The molecular formula is C15H16F3NO2S. The van der Waals surface area contributed by atoms with Gasteiger partial charge in [-0.05, 0) is 54.8 Å². The Morgan fingerprint density at radius 3 is 2.45 bits per heavy atom. The van der Waals surface area contributed by atoms with Gasteiger partial charge in [0.25, 0.3) is 5.91 Å². The van der Waals surface area contributed by atoms with Crippen LogP contribution in [0.4, 0.5) is 13.2 Å². The van der Waals surface area contributed by atoms with E-state index in [-0.39, 0.29) is 34.6 Å². The summed E-state index contributed by atoms with van der Waals surface area (Å²) in [5.74, 6) is 0.313. The zero-order valence-electron chi connectivity index (χ0n) is 11.7. The van der Waals surface area contributed by atoms with Crippen LogP contribution in [-0.4, -0.2) is 40.6 Å². The normalized spacial score (nSPS) is 28.0. The van der Waals surface area contributed by atoms with E-state index in [1.807, 2.05) is 0 Å². The third kappa shape index (κ3) is 3.25. The summed E-state index contributed by atoms with van der Waals surface area (Å²) >= 11 is -0.191. The van der Waals surface area contributed by atoms with Gasteiger partial charge < -0.3 is 10.0 Å². The van der Waals surface area contributed by atoms with Gasteiger partial charge in [-0.1, -0.05) is 0 Å². The Hall–Kier alpha value is -1.21. The van der Waals surface area contributed by atoms with Crippen LogP contribution in [-0.2, 0) is 0 Å². The van der Waals surface area contributed by atoms with Crippen molar-refractivity contribution in [1.82, 2.24) is 4.90 Å². The number of aliphatic hydroxyl groups excluding tert-OH is 1. The summed E-state index contributed by atoms with van der Waals surface area (Å²) in [6, 6.07) is 5.50. The first kappa shape index (κ1) is 15.7. The number of thioether (sulfide) groups is 1. The maximum Gasteiger partial charge on any atom is 0.446 e. The molecule has 0 aromatic heterocycles. The minimum absolute atomic E-state index is 0.0674. The van der Waals surface area contributed by atoms with Crippen LogP contribution in [0.15, 0.2) is 29.2 Å². The molecule has 3 atom stereocenters. The van der Waals surface area contributed by atoms with Gasteiger partial charge in [-0.25, -0.2) is 0 Å². The molecule has 120 valence electrons. The molecule has 1 aromatic carbocycles. The molecule has 2 fully saturated rings. The van der Waals surface area contributed by atoms with E-state index in [1.54, 1.807) is 4.90 Å². The minimum atomic E-state index is -4.33. The molecular weight excluding hydrogens is 315 g/mol. The second kappa shape index (κ2) is 5.77. The number of nitrogens with zero attached hydrogens (tertiary/aromatic N) is 1. The summed E-state index contributed by atoms with van der Waals surface area (Å²) in [6.45, 7) is 1.16. The van der Waals surface area contributed by atoms with E-state index in [0.717, 1.165) is 12.8 Å². The Bertz CT molecular complexity index is 561. The first-order valence-corrected chi connectivity index (χ1v) is 7.98. The monoisotopic (exact) mass is 331 g/mol. The molecule has 2 aliphatic rings. The Labute approximate surface area is 130 Å². The van der Waals surface area contributed by atoms with Crippen molar-refractivity contribution in [1.29, 1.82) is 0 Å². The smallest absolute Gasteiger partial charge is 0.393 e. The SMILES string of the molecule is O=C(c1ccc(SC(F)(F)F)cc1)N1C[C@@H]2CC[C@H](O)[C@@H]2C1. The maximum absolute atomic E-state index is 12.4. The molecule has 0 radical (unpaired) electrons. The summed E-state index contributed by atoms with van der Waals surface area (Å²) in [4.78, 5) is 14.2. The van der Waals surface area contributed by atoms with E-state index in [2.05, 4.69) is 0 Å². The molecule has 22 heavy (non-hydrogen) atoms. The summed E-state index contributed by atoms with van der Waals surface area (Å²) in [7, 11) is 0. The molecule has 3 nitrogen and oxygen atoms in total. The fourth-order valence-corrected chi connectivity index (χ4v) is 3.92. The molecule has 3 rings (SSSR count). The number of benzene rings is 1. The lowest BCUT2D eigenvalue weighted by Gasteiger charge is -2.18. The molecule has 1 aliphatic heterocycles. The van der Waals surface area contributed by atoms with Gasteiger partial charge in [-0.15, -0.1) is 0 Å². The van der Waals surface area contributed by atoms with Gasteiger partial charge in [0, 0.05) is 29.5 Å². The molecule has 1 amide bonds. The molecule has 0 unspecified atom stereocenters. The third-order valence-corrected chi connectivity index (χ3v) is 5.18. The highest BCUT2D eigenvalue weighted by molar-refractivity contribution is 8.00. The van der Waals surface area contributed by atoms with Crippen molar-refractivity contribution in [2.24, 2.45) is 11.8 Å². The minimum Gasteiger partial charge on any atom is -0.393 e. The molecule has 0 bridgehead atoms. The van der Waals surface area contributed by atoms with Crippen molar-refractivity contribution in [3.05, 3.63) is 29.8 Å². The predicted molar refractivity (Wildman–Crippen MR) is 76.5 cm³/mol. The van der Waals surface area contributed by atoms with Crippen molar-refractivity contribution in [3.8, 4) is 0 Å². The number of hydrogen-bond acceptors (Lipinski definition) is 3. The van der Waals surface area contributed by atoms with Gasteiger partial charge >= 0.3 is 5.51 Å². The number of alkyl halides is 3. The Morgan fingerprint density at radius 2 is 1.86 bits per heavy atom. The third-order valence-electron chi connectivity index (χ3n) is 4.44. The highest BCUT2D eigenvalue weighted by atomic mass is 32.2. The van der Waals surface area contributed by atoms with Crippen molar-refractivity contribution >= 4 is 17.7 Å². The fourth-order valence-electron chi connectivity index (χ4n) is 3.38. The largest absolute Gasteiger partial charge is 0.446 e. The fraction of sp³-hybridized carbons (Fsp3) is 0.533. The molecule has 7 heteroatoms. The number of rotatable bonds is 2. The summed E-state index contributed by atoms with van der Waals surface area (Å²) in [5, 5.41) is 9.87. The molecule has 1 saturated carbocycles. The number of carbonyl (C=O) groups is 1. The van der Waals surface area contributed by atoms with E-state index in [1.165, 1.54) is 24.3 Å². The lowest BCUT2D eigenvalue weighted by Crippen LogP contribution is -2.31. The molecule has 1 saturated heterocycles. The first-order chi connectivity index (χ1) is 10.3. The lowest BCUT2D eigenvalue weighted by atomic mass is 10.00. The van der Waals surface area contributed by atoms with Crippen molar-refractivity contribution in [2.75, 3.05) is 13.1 Å². The average molecular weight is 331 g/mol. The quantitative estimate of drug-likeness (QED) is 0.847. The zero-order valence-corrected chi connectivity index (χ0v) is 12.5. The van der Waals surface area contributed by atoms with Crippen LogP contribution in [0.25, 0.3) is 0 Å². The van der Waals surface area contributed by atoms with Crippen molar-refractivity contribution in [2.45, 2.75) is 29.3 Å². The second-order valence-corrected chi connectivity index (χ2v) is 6.99. The predicted octanol–water partition coefficient (Wildman–Crippen LogP) is 3.14. The molecule has 1 aliphatic carbocycles. The number of likely N-dealkylation sites (tertiary alicyclic amines) is 1. The van der Waals surface area contributed by atoms with Crippen LogP contribution in [0.2, 0.25) is 0 Å². The van der Waals surface area contributed by atoms with E-state index >= 15 is 0 Å². The Kier molecular flexibility index (Phi) is 4.11. The van der Waals surface area contributed by atoms with Crippen LogP contribution in [0.3, 0.4) is 0 Å². The molecule has 1 N–H and O–H groups in total. The van der Waals surface area contributed by atoms with Crippen LogP contribution in [0.1, 0.15) is 23.2 Å². The maximum atomic E-state index is 12.4. The second-order valence-electron chi connectivity index (χ2n) is 5.85. The summed E-state index contributed by atoms with van der Waals surface area (Å²) in [6.07, 6.45) is 1.38. The number of aliphatic hydroxyl groups is 1. The van der Waals surface area contributed by atoms with Gasteiger partial charge in [-0.2, -0.15) is 13.2 Å². The van der Waals surface area contributed by atoms with Crippen LogP contribution < -0.4 is 0 Å². The number of carbonyl (C=O) groups excluding carboxylic acids is 1. The van der Waals surface area contributed by atoms with Gasteiger partial charge in [0.2, 0.25) is 0 Å². The van der Waals surface area contributed by atoms with Crippen LogP contribution in [0, 0.1) is 11.8 Å². The number of halogens is 3. The van der Waals surface area contributed by atoms with Crippen LogP contribution in [0.5, 0.6) is 0 Å². The van der Waals surface area contributed by atoms with E-state index in [0.29, 0.717) is 24.6 Å². The highest BCUT2D eigenvalue weighted by Crippen LogP contribution is 2.39. The van der Waals surface area contributed by atoms with E-state index < -0.39 is 5.51 Å². The van der Waals surface area contributed by atoms with Gasteiger partial charge in [0.15, 0.2) is 0 Å². The number of fused-ring (bicyclic) bond motifs is 1. The number of amides is 1. The van der Waals surface area contributed by atoms with E-state index in [9.17, 15) is 23.1 Å². The van der Waals surface area contributed by atoms with Crippen molar-refractivity contribution < 1.29 is 23.1 Å². The van der Waals surface area contributed by atoms with Gasteiger partial charge in [0.05, 0.1) is 6.10 Å². The van der Waals surface area contributed by atoms with Crippen molar-refractivity contribution in [3.63, 3.8) is 0 Å². The highest BCUT2D eigenvalue weighted by Gasteiger charge is 2.43. The van der Waals surface area contributed by atoms with E-state index in [4.69, 9.17) is 0 Å². The Morgan fingerprint density at radius 1 is 1.18 bits per heavy atom. The lowest BCUT2D eigenvalue weighted by molar-refractivity contribution is -0.0328. The zero-order chi connectivity index (χ0) is 15.9. The molecule has 1 heterocycles. The summed E-state index contributed by atoms with van der Waals surface area (Å²) in [5.41, 5.74) is -3.94. The Balaban J connectivity index is 1.66. The average Bonchev–Trinajstić information content (AvgIpc) is 3.00. The summed E-state index contributed by atoms with van der Waals surface area (Å²) < 4.78 is 36.8. The molecule has 0 spiro atoms. The number of hydrogen-bond donors (Lipinski definition) is 1. The standard InChI is InChI=1S/C15H16F3NO2S/c16-15(17,18)22-11-4-1-9(2-5-11)14(21)19-7-10-3-6-13(20)12(10)8-19/h1-2,4-5,10,12-13,20H,3,6-8H2/t10-,12+,13-/m0/s1. The topological polar surface area (TPSA) is 40.5 Å². The van der Waals surface area contributed by atoms with Crippen LogP contribution >= 0.6 is 11.8 Å². The van der Waals surface area contributed by atoms with Gasteiger partial charge in [0.1, 0.15) is 0 Å². The van der Waals surface area contributed by atoms with Gasteiger partial charge in [-0.3, -0.25) is 4.79 Å². The first-order valence-electron chi connectivity index (χ1n) is 7.16. The molecule has 1 aromatic rings.